The molecule has 6 nitrogen and oxygen atoms in total. The van der Waals surface area contributed by atoms with Crippen LogP contribution in [0.4, 0.5) is 0 Å². The van der Waals surface area contributed by atoms with Crippen molar-refractivity contribution in [1.82, 2.24) is 24.9 Å². The number of nitrogens with one attached hydrogen (secondary N) is 1. The summed E-state index contributed by atoms with van der Waals surface area (Å²) in [5.74, 6) is 0. The van der Waals surface area contributed by atoms with Crippen molar-refractivity contribution in [2.75, 3.05) is 54.5 Å². The van der Waals surface area contributed by atoms with E-state index < -0.39 is 0 Å². The fourth-order valence-electron chi connectivity index (χ4n) is 2.95. The number of aromatic nitrogens is 2. The predicted molar refractivity (Wildman–Crippen MR) is 84.8 cm³/mol. The third kappa shape index (κ3) is 3.76. The molecule has 2 heterocycles. The molecule has 0 amide bonds. The molecule has 1 aliphatic rings. The summed E-state index contributed by atoms with van der Waals surface area (Å²) >= 11 is 6.40. The van der Waals surface area contributed by atoms with Crippen molar-refractivity contribution >= 4 is 11.6 Å². The molecule has 1 fully saturated rings. The first kappa shape index (κ1) is 16.7. The van der Waals surface area contributed by atoms with Gasteiger partial charge in [-0.2, -0.15) is 5.10 Å². The summed E-state index contributed by atoms with van der Waals surface area (Å²) in [4.78, 5) is 4.75. The third-order valence-corrected chi connectivity index (χ3v) is 4.52. The molecule has 1 saturated heterocycles. The topological polar surface area (TPSA) is 45.6 Å². The molecule has 1 N–H and O–H groups in total. The van der Waals surface area contributed by atoms with E-state index in [2.05, 4.69) is 34.3 Å². The fraction of sp³-hybridized carbons (Fsp3) is 0.786. The minimum absolute atomic E-state index is 0.143. The molecule has 2 unspecified atom stereocenters. The molecule has 120 valence electrons. The van der Waals surface area contributed by atoms with Crippen LogP contribution in [0.2, 0.25) is 5.02 Å². The second-order valence-corrected chi connectivity index (χ2v) is 6.08. The van der Waals surface area contributed by atoms with Gasteiger partial charge in [0.25, 0.3) is 0 Å². The van der Waals surface area contributed by atoms with Gasteiger partial charge in [-0.05, 0) is 21.1 Å². The number of methoxy groups -OCH3 is 1. The summed E-state index contributed by atoms with van der Waals surface area (Å²) in [6, 6.07) is 0.508. The zero-order chi connectivity index (χ0) is 15.4. The van der Waals surface area contributed by atoms with Gasteiger partial charge in [-0.1, -0.05) is 11.6 Å². The first-order valence-electron chi connectivity index (χ1n) is 7.34. The van der Waals surface area contributed by atoms with Crippen molar-refractivity contribution in [1.29, 1.82) is 0 Å². The van der Waals surface area contributed by atoms with Gasteiger partial charge in [-0.15, -0.1) is 0 Å². The Kier molecular flexibility index (Phi) is 6.01. The number of hydrogen-bond acceptors (Lipinski definition) is 5. The maximum Gasteiger partial charge on any atom is 0.0834 e. The van der Waals surface area contributed by atoms with E-state index in [1.165, 1.54) is 0 Å². The lowest BCUT2D eigenvalue weighted by atomic mass is 10.0. The van der Waals surface area contributed by atoms with Crippen LogP contribution in [-0.4, -0.2) is 80.1 Å². The standard InChI is InChI=1S/C14H26ClN5O/c1-16-13(12-10-18(2)5-6-19(12)3)14-11(15)9-17-20(14)7-8-21-4/h9,12-13,16H,5-8,10H2,1-4H3. The first-order chi connectivity index (χ1) is 10.1. The third-order valence-electron chi connectivity index (χ3n) is 4.23. The van der Waals surface area contributed by atoms with Gasteiger partial charge < -0.3 is 15.0 Å². The van der Waals surface area contributed by atoms with Gasteiger partial charge >= 0.3 is 0 Å². The van der Waals surface area contributed by atoms with Gasteiger partial charge in [0.1, 0.15) is 0 Å². The highest BCUT2D eigenvalue weighted by atomic mass is 35.5. The minimum Gasteiger partial charge on any atom is -0.383 e. The quantitative estimate of drug-likeness (QED) is 0.837. The van der Waals surface area contributed by atoms with E-state index in [-0.39, 0.29) is 6.04 Å². The van der Waals surface area contributed by atoms with Gasteiger partial charge in [0.2, 0.25) is 0 Å². The van der Waals surface area contributed by atoms with E-state index in [1.807, 2.05) is 11.7 Å². The summed E-state index contributed by atoms with van der Waals surface area (Å²) in [6.45, 7) is 4.50. The van der Waals surface area contributed by atoms with Crippen molar-refractivity contribution in [2.45, 2.75) is 18.6 Å². The van der Waals surface area contributed by atoms with E-state index in [4.69, 9.17) is 16.3 Å². The molecule has 7 heteroatoms. The highest BCUT2D eigenvalue weighted by Crippen LogP contribution is 2.28. The Balaban J connectivity index is 2.25. The molecule has 21 heavy (non-hydrogen) atoms. The fourth-order valence-corrected chi connectivity index (χ4v) is 3.21. The monoisotopic (exact) mass is 315 g/mol. The molecule has 1 aliphatic heterocycles. The molecule has 0 spiro atoms. The van der Waals surface area contributed by atoms with E-state index in [0.29, 0.717) is 24.2 Å². The van der Waals surface area contributed by atoms with Gasteiger partial charge in [0.15, 0.2) is 0 Å². The molecule has 1 aromatic rings. The Bertz CT molecular complexity index is 453. The largest absolute Gasteiger partial charge is 0.383 e. The van der Waals surface area contributed by atoms with Crippen molar-refractivity contribution in [3.8, 4) is 0 Å². The van der Waals surface area contributed by atoms with Crippen molar-refractivity contribution in [2.24, 2.45) is 0 Å². The number of rotatable bonds is 6. The zero-order valence-electron chi connectivity index (χ0n) is 13.3. The number of piperazine rings is 1. The molecule has 0 aromatic carbocycles. The summed E-state index contributed by atoms with van der Waals surface area (Å²) in [6.07, 6.45) is 1.73. The molecule has 0 radical (unpaired) electrons. The zero-order valence-corrected chi connectivity index (χ0v) is 14.1. The van der Waals surface area contributed by atoms with Crippen LogP contribution in [0, 0.1) is 0 Å². The molecular weight excluding hydrogens is 290 g/mol. The second-order valence-electron chi connectivity index (χ2n) is 5.67. The molecule has 1 aromatic heterocycles. The van der Waals surface area contributed by atoms with Crippen LogP contribution < -0.4 is 5.32 Å². The molecular formula is C14H26ClN5O. The molecule has 2 rings (SSSR count). The van der Waals surface area contributed by atoms with Crippen LogP contribution in [0.15, 0.2) is 6.20 Å². The Labute approximate surface area is 132 Å². The lowest BCUT2D eigenvalue weighted by molar-refractivity contribution is 0.0866. The smallest absolute Gasteiger partial charge is 0.0834 e. The second kappa shape index (κ2) is 7.56. The van der Waals surface area contributed by atoms with Gasteiger partial charge in [0, 0.05) is 32.8 Å². The Hall–Kier alpha value is -0.660. The van der Waals surface area contributed by atoms with Gasteiger partial charge in [0.05, 0.1) is 36.1 Å². The first-order valence-corrected chi connectivity index (χ1v) is 7.72. The number of nitrogens with zero attached hydrogens (tertiary/aromatic N) is 4. The number of ether oxygens (including phenoxy) is 1. The number of hydrogen-bond donors (Lipinski definition) is 1. The predicted octanol–water partition coefficient (Wildman–Crippen LogP) is 0.689. The van der Waals surface area contributed by atoms with Crippen LogP contribution in [-0.2, 0) is 11.3 Å². The lowest BCUT2D eigenvalue weighted by Gasteiger charge is -2.42. The van der Waals surface area contributed by atoms with E-state index in [9.17, 15) is 0 Å². The SMILES string of the molecule is CNC(c1c(Cl)cnn1CCOC)C1CN(C)CCN1C. The summed E-state index contributed by atoms with van der Waals surface area (Å²) in [7, 11) is 8.02. The highest BCUT2D eigenvalue weighted by molar-refractivity contribution is 6.31. The molecule has 0 bridgehead atoms. The van der Waals surface area contributed by atoms with Crippen LogP contribution >= 0.6 is 11.6 Å². The van der Waals surface area contributed by atoms with Crippen molar-refractivity contribution < 1.29 is 4.74 Å². The lowest BCUT2D eigenvalue weighted by Crippen LogP contribution is -2.55. The van der Waals surface area contributed by atoms with E-state index in [1.54, 1.807) is 13.3 Å². The highest BCUT2D eigenvalue weighted by Gasteiger charge is 2.33. The maximum absolute atomic E-state index is 6.40. The Morgan fingerprint density at radius 3 is 2.90 bits per heavy atom. The number of likely N-dealkylation sites (N-methyl/N-ethyl adjacent to an activating group) is 3. The van der Waals surface area contributed by atoms with Crippen molar-refractivity contribution in [3.63, 3.8) is 0 Å². The summed E-state index contributed by atoms with van der Waals surface area (Å²) in [5, 5.41) is 8.54. The average molecular weight is 316 g/mol. The van der Waals surface area contributed by atoms with Crippen molar-refractivity contribution in [3.05, 3.63) is 16.9 Å². The van der Waals surface area contributed by atoms with Crippen LogP contribution in [0.5, 0.6) is 0 Å². The molecule has 0 aliphatic carbocycles. The average Bonchev–Trinajstić information content (AvgIpc) is 2.83. The summed E-state index contributed by atoms with van der Waals surface area (Å²) in [5.41, 5.74) is 1.04. The Morgan fingerprint density at radius 2 is 2.24 bits per heavy atom. The maximum atomic E-state index is 6.40. The van der Waals surface area contributed by atoms with Crippen LogP contribution in [0.1, 0.15) is 11.7 Å². The van der Waals surface area contributed by atoms with E-state index >= 15 is 0 Å². The normalized spacial score (nSPS) is 22.6. The van der Waals surface area contributed by atoms with Crippen LogP contribution in [0.3, 0.4) is 0 Å². The summed E-state index contributed by atoms with van der Waals surface area (Å²) < 4.78 is 7.12. The molecule has 2 atom stereocenters. The number of halogens is 1. The van der Waals surface area contributed by atoms with Gasteiger partial charge in [-0.25, -0.2) is 0 Å². The van der Waals surface area contributed by atoms with Gasteiger partial charge in [-0.3, -0.25) is 9.58 Å². The van der Waals surface area contributed by atoms with Crippen LogP contribution in [0.25, 0.3) is 0 Å². The minimum atomic E-state index is 0.143. The Morgan fingerprint density at radius 1 is 1.48 bits per heavy atom. The van der Waals surface area contributed by atoms with E-state index in [0.717, 1.165) is 25.3 Å². The molecule has 0 saturated carbocycles.